The van der Waals surface area contributed by atoms with Gasteiger partial charge in [-0.15, -0.1) is 0 Å². The highest BCUT2D eigenvalue weighted by Crippen LogP contribution is 2.22. The summed E-state index contributed by atoms with van der Waals surface area (Å²) in [4.78, 5) is 61.0. The van der Waals surface area contributed by atoms with Crippen molar-refractivity contribution < 1.29 is 42.2 Å². The van der Waals surface area contributed by atoms with E-state index in [1.54, 1.807) is 19.6 Å². The van der Waals surface area contributed by atoms with Crippen LogP contribution in [0.5, 0.6) is 0 Å². The Bertz CT molecular complexity index is 1350. The fourth-order valence-corrected chi connectivity index (χ4v) is 4.71. The molecule has 0 radical (unpaired) electrons. The maximum absolute atomic E-state index is 14.2. The second kappa shape index (κ2) is 15.9. The number of amides is 3. The van der Waals surface area contributed by atoms with Crippen LogP contribution in [-0.4, -0.2) is 122 Å². The molecule has 264 valence electrons. The Labute approximate surface area is 279 Å². The van der Waals surface area contributed by atoms with Crippen molar-refractivity contribution in [3.8, 4) is 0 Å². The zero-order valence-corrected chi connectivity index (χ0v) is 28.8. The van der Waals surface area contributed by atoms with Crippen LogP contribution < -0.4 is 15.1 Å². The van der Waals surface area contributed by atoms with Gasteiger partial charge < -0.3 is 39.1 Å². The highest BCUT2D eigenvalue weighted by Gasteiger charge is 2.29. The summed E-state index contributed by atoms with van der Waals surface area (Å²) in [6, 6.07) is 5.94. The Morgan fingerprint density at radius 2 is 1.04 bits per heavy atom. The molecule has 0 aromatic carbocycles. The number of carbonyl (C=O) groups excluding carboxylic acids is 4. The average molecular weight is 678 g/mol. The number of methoxy groups -OCH3 is 1. The first-order valence-corrected chi connectivity index (χ1v) is 15.5. The third kappa shape index (κ3) is 10.6. The second-order valence-corrected chi connectivity index (χ2v) is 13.0. The van der Waals surface area contributed by atoms with E-state index in [1.807, 2.05) is 41.5 Å². The summed E-state index contributed by atoms with van der Waals surface area (Å²) in [7, 11) is 2.68. The molecule has 0 unspecified atom stereocenters. The molecular formula is C32H45F2N7O7. The number of aromatic nitrogens is 2. The topological polar surface area (TPSA) is 147 Å². The Balaban J connectivity index is 0.000000260. The molecule has 0 aliphatic carbocycles. The maximum Gasteiger partial charge on any atom is 0.410 e. The SMILES string of the molecule is CNC(=O)c1ccc(N2CCN(C(=O)OC(C)(C)C)CC2)c(F)n1.COC(=O)c1ccc(N2CCN(C(=O)OC(C)(C)C)CC2)c(F)n1. The van der Waals surface area contributed by atoms with Gasteiger partial charge in [0.2, 0.25) is 11.9 Å². The van der Waals surface area contributed by atoms with Crippen molar-refractivity contribution in [2.45, 2.75) is 52.7 Å². The molecule has 2 aromatic heterocycles. The highest BCUT2D eigenvalue weighted by molar-refractivity contribution is 5.92. The van der Waals surface area contributed by atoms with Crippen LogP contribution in [0.4, 0.5) is 29.7 Å². The smallest absolute Gasteiger partial charge is 0.410 e. The van der Waals surface area contributed by atoms with Crippen LogP contribution in [0.15, 0.2) is 24.3 Å². The first kappa shape index (κ1) is 37.7. The second-order valence-electron chi connectivity index (χ2n) is 13.0. The van der Waals surface area contributed by atoms with E-state index in [1.165, 1.54) is 38.4 Å². The summed E-state index contributed by atoms with van der Waals surface area (Å²) in [5.41, 5.74) is -0.510. The van der Waals surface area contributed by atoms with Gasteiger partial charge in [0, 0.05) is 59.4 Å². The molecule has 2 fully saturated rings. The molecule has 0 atom stereocenters. The van der Waals surface area contributed by atoms with Gasteiger partial charge in [0.25, 0.3) is 5.91 Å². The molecule has 3 amide bonds. The van der Waals surface area contributed by atoms with E-state index in [0.717, 1.165) is 0 Å². The van der Waals surface area contributed by atoms with E-state index < -0.39 is 35.0 Å². The number of pyridine rings is 2. The molecule has 2 aromatic rings. The van der Waals surface area contributed by atoms with Crippen LogP contribution in [0.3, 0.4) is 0 Å². The quantitative estimate of drug-likeness (QED) is 0.287. The van der Waals surface area contributed by atoms with Crippen molar-refractivity contribution in [1.29, 1.82) is 0 Å². The number of halogens is 2. The molecule has 4 heterocycles. The summed E-state index contributed by atoms with van der Waals surface area (Å²) < 4.78 is 43.5. The van der Waals surface area contributed by atoms with Crippen molar-refractivity contribution in [2.75, 3.05) is 76.3 Å². The molecule has 4 rings (SSSR count). The number of carbonyl (C=O) groups is 4. The number of rotatable bonds is 4. The predicted octanol–water partition coefficient (Wildman–Crippen LogP) is 3.70. The number of anilines is 2. The van der Waals surface area contributed by atoms with Crippen LogP contribution in [0.25, 0.3) is 0 Å². The number of hydrogen-bond donors (Lipinski definition) is 1. The first-order valence-electron chi connectivity index (χ1n) is 15.5. The molecule has 14 nitrogen and oxygen atoms in total. The highest BCUT2D eigenvalue weighted by atomic mass is 19.1. The van der Waals surface area contributed by atoms with E-state index in [-0.39, 0.29) is 23.6 Å². The van der Waals surface area contributed by atoms with Crippen LogP contribution in [-0.2, 0) is 14.2 Å². The minimum Gasteiger partial charge on any atom is -0.464 e. The van der Waals surface area contributed by atoms with E-state index in [4.69, 9.17) is 9.47 Å². The molecule has 1 N–H and O–H groups in total. The fourth-order valence-electron chi connectivity index (χ4n) is 4.71. The Hall–Kier alpha value is -4.76. The minimum absolute atomic E-state index is 0.0335. The van der Waals surface area contributed by atoms with Crippen molar-refractivity contribution in [3.63, 3.8) is 0 Å². The van der Waals surface area contributed by atoms with Crippen molar-refractivity contribution in [1.82, 2.24) is 25.1 Å². The van der Waals surface area contributed by atoms with Crippen molar-refractivity contribution in [2.24, 2.45) is 0 Å². The zero-order chi connectivity index (χ0) is 35.8. The van der Waals surface area contributed by atoms with Crippen molar-refractivity contribution >= 4 is 35.4 Å². The van der Waals surface area contributed by atoms with E-state index in [2.05, 4.69) is 20.0 Å². The zero-order valence-electron chi connectivity index (χ0n) is 28.8. The van der Waals surface area contributed by atoms with Crippen LogP contribution >= 0.6 is 0 Å². The van der Waals surface area contributed by atoms with Gasteiger partial charge in [0.05, 0.1) is 18.5 Å². The van der Waals surface area contributed by atoms with E-state index in [0.29, 0.717) is 63.7 Å². The lowest BCUT2D eigenvalue weighted by molar-refractivity contribution is 0.0230. The molecule has 2 aliphatic rings. The molecule has 48 heavy (non-hydrogen) atoms. The Morgan fingerprint density at radius 3 is 1.38 bits per heavy atom. The Morgan fingerprint density at radius 1 is 0.667 bits per heavy atom. The standard InChI is InChI=1S/C16H23FN4O3.C16H22FN3O4/c1-16(2,3)24-15(23)21-9-7-20(8-10-21)12-6-5-11(14(22)18-4)19-13(12)17;1-16(2,3)24-15(22)20-9-7-19(8-10-20)12-6-5-11(14(21)23-4)18-13(12)17/h5-6H,7-10H2,1-4H3,(H,18,22);5-6H,7-10H2,1-4H3. The maximum atomic E-state index is 14.2. The summed E-state index contributed by atoms with van der Waals surface area (Å²) >= 11 is 0. The Kier molecular flexibility index (Phi) is 12.5. The van der Waals surface area contributed by atoms with Gasteiger partial charge in [-0.2, -0.15) is 8.78 Å². The van der Waals surface area contributed by atoms with Gasteiger partial charge in [0.1, 0.15) is 16.9 Å². The first-order chi connectivity index (χ1) is 22.4. The summed E-state index contributed by atoms with van der Waals surface area (Å²) in [5, 5.41) is 2.40. The summed E-state index contributed by atoms with van der Waals surface area (Å²) in [5.74, 6) is -2.55. The monoisotopic (exact) mass is 677 g/mol. The normalized spacial score (nSPS) is 15.2. The van der Waals surface area contributed by atoms with Gasteiger partial charge in [-0.25, -0.2) is 24.4 Å². The number of esters is 1. The number of nitrogens with zero attached hydrogens (tertiary/aromatic N) is 6. The predicted molar refractivity (Wildman–Crippen MR) is 173 cm³/mol. The van der Waals surface area contributed by atoms with E-state index in [9.17, 15) is 28.0 Å². The number of ether oxygens (including phenoxy) is 3. The van der Waals surface area contributed by atoms with Gasteiger partial charge in [-0.3, -0.25) is 4.79 Å². The minimum atomic E-state index is -0.733. The van der Waals surface area contributed by atoms with Gasteiger partial charge in [0.15, 0.2) is 5.69 Å². The number of hydrogen-bond acceptors (Lipinski definition) is 11. The van der Waals surface area contributed by atoms with Gasteiger partial charge in [-0.1, -0.05) is 0 Å². The summed E-state index contributed by atoms with van der Waals surface area (Å²) in [6.07, 6.45) is -0.738. The molecule has 0 bridgehead atoms. The lowest BCUT2D eigenvalue weighted by Crippen LogP contribution is -2.50. The number of piperazine rings is 2. The lowest BCUT2D eigenvalue weighted by atomic mass is 10.2. The molecule has 16 heteroatoms. The molecule has 2 aliphatic heterocycles. The van der Waals surface area contributed by atoms with Gasteiger partial charge >= 0.3 is 18.2 Å². The molecule has 0 saturated carbocycles. The van der Waals surface area contributed by atoms with Crippen LogP contribution in [0.2, 0.25) is 0 Å². The lowest BCUT2D eigenvalue weighted by Gasteiger charge is -2.36. The van der Waals surface area contributed by atoms with Gasteiger partial charge in [-0.05, 0) is 65.8 Å². The molecule has 2 saturated heterocycles. The molecular weight excluding hydrogens is 632 g/mol. The van der Waals surface area contributed by atoms with Crippen molar-refractivity contribution in [3.05, 3.63) is 47.5 Å². The van der Waals surface area contributed by atoms with E-state index >= 15 is 0 Å². The molecule has 0 spiro atoms. The average Bonchev–Trinajstić information content (AvgIpc) is 3.02. The third-order valence-electron chi connectivity index (χ3n) is 7.06. The largest absolute Gasteiger partial charge is 0.464 e. The number of nitrogens with one attached hydrogen (secondary N) is 1. The fraction of sp³-hybridized carbons (Fsp3) is 0.562. The third-order valence-corrected chi connectivity index (χ3v) is 7.06. The summed E-state index contributed by atoms with van der Waals surface area (Å²) in [6.45, 7) is 14.4. The van der Waals surface area contributed by atoms with Crippen LogP contribution in [0, 0.1) is 11.9 Å². The van der Waals surface area contributed by atoms with Crippen LogP contribution in [0.1, 0.15) is 62.5 Å².